The van der Waals surface area contributed by atoms with Gasteiger partial charge < -0.3 is 9.84 Å². The van der Waals surface area contributed by atoms with E-state index in [2.05, 4.69) is 25.7 Å². The quantitative estimate of drug-likeness (QED) is 0.750. The highest BCUT2D eigenvalue weighted by molar-refractivity contribution is 9.10. The molecule has 0 atom stereocenters. The van der Waals surface area contributed by atoms with Gasteiger partial charge in [-0.2, -0.15) is 0 Å². The molecule has 2 rings (SSSR count). The Kier molecular flexibility index (Phi) is 8.54. The van der Waals surface area contributed by atoms with E-state index in [1.807, 2.05) is 27.7 Å². The standard InChI is InChI=1S/C11H7BrFNO3.2C2H6/c1-17-11(16)9-10(15)5-2-3-7(13)8(12)6(5)4-14-9;2*1-2/h2-4,15H,1H3;2*1-2H3. The second-order valence-electron chi connectivity index (χ2n) is 3.27. The number of hydrogen-bond donors (Lipinski definition) is 1. The summed E-state index contributed by atoms with van der Waals surface area (Å²) < 4.78 is 17.9. The van der Waals surface area contributed by atoms with Crippen LogP contribution in [0.5, 0.6) is 5.75 Å². The van der Waals surface area contributed by atoms with Gasteiger partial charge in [-0.1, -0.05) is 27.7 Å². The molecule has 2 aromatic rings. The first kappa shape index (κ1) is 19.3. The molecule has 0 aliphatic rings. The minimum absolute atomic E-state index is 0.189. The number of aromatic hydroxyl groups is 1. The van der Waals surface area contributed by atoms with Crippen molar-refractivity contribution in [3.63, 3.8) is 0 Å². The van der Waals surface area contributed by atoms with E-state index in [0.29, 0.717) is 10.8 Å². The molecule has 1 heterocycles. The van der Waals surface area contributed by atoms with E-state index in [-0.39, 0.29) is 15.9 Å². The third kappa shape index (κ3) is 4.14. The third-order valence-corrected chi connectivity index (χ3v) is 3.12. The van der Waals surface area contributed by atoms with E-state index in [0.717, 1.165) is 0 Å². The lowest BCUT2D eigenvalue weighted by molar-refractivity contribution is 0.0591. The molecule has 1 N–H and O–H groups in total. The molecule has 1 aromatic heterocycles. The van der Waals surface area contributed by atoms with Gasteiger partial charge in [0, 0.05) is 17.0 Å². The molecule has 0 aliphatic heterocycles. The van der Waals surface area contributed by atoms with E-state index < -0.39 is 11.8 Å². The van der Waals surface area contributed by atoms with Crippen molar-refractivity contribution in [1.82, 2.24) is 4.98 Å². The summed E-state index contributed by atoms with van der Waals surface area (Å²) in [5.74, 6) is -1.54. The first-order valence-electron chi connectivity index (χ1n) is 6.60. The van der Waals surface area contributed by atoms with E-state index >= 15 is 0 Å². The summed E-state index contributed by atoms with van der Waals surface area (Å²) in [6.45, 7) is 8.00. The fourth-order valence-corrected chi connectivity index (χ4v) is 1.91. The van der Waals surface area contributed by atoms with Crippen molar-refractivity contribution >= 4 is 32.7 Å². The van der Waals surface area contributed by atoms with Gasteiger partial charge in [0.15, 0.2) is 11.4 Å². The average molecular weight is 360 g/mol. The topological polar surface area (TPSA) is 59.4 Å². The summed E-state index contributed by atoms with van der Waals surface area (Å²) in [5, 5.41) is 10.6. The number of rotatable bonds is 1. The van der Waals surface area contributed by atoms with Crippen molar-refractivity contribution in [2.75, 3.05) is 7.11 Å². The summed E-state index contributed by atoms with van der Waals surface area (Å²) in [6.07, 6.45) is 1.30. The Morgan fingerprint density at radius 3 is 2.33 bits per heavy atom. The normalized spacial score (nSPS) is 9.10. The number of carbonyl (C=O) groups excluding carboxylic acids is 1. The number of aromatic nitrogens is 1. The molecule has 0 fully saturated rings. The average Bonchev–Trinajstić information content (AvgIpc) is 2.54. The maximum Gasteiger partial charge on any atom is 0.360 e. The van der Waals surface area contributed by atoms with Gasteiger partial charge in [0.25, 0.3) is 0 Å². The van der Waals surface area contributed by atoms with Gasteiger partial charge >= 0.3 is 5.97 Å². The zero-order valence-electron chi connectivity index (χ0n) is 12.7. The maximum absolute atomic E-state index is 13.3. The third-order valence-electron chi connectivity index (χ3n) is 2.31. The molecular formula is C15H19BrFNO3. The van der Waals surface area contributed by atoms with Crippen LogP contribution in [0.15, 0.2) is 22.8 Å². The Labute approximate surface area is 132 Å². The summed E-state index contributed by atoms with van der Waals surface area (Å²) >= 11 is 3.05. The van der Waals surface area contributed by atoms with Crippen LogP contribution in [0.1, 0.15) is 38.2 Å². The fourth-order valence-electron chi connectivity index (χ4n) is 1.46. The van der Waals surface area contributed by atoms with Crippen LogP contribution in [-0.2, 0) is 4.74 Å². The lowest BCUT2D eigenvalue weighted by Crippen LogP contribution is -2.04. The number of fused-ring (bicyclic) bond motifs is 1. The predicted molar refractivity (Wildman–Crippen MR) is 85.1 cm³/mol. The number of halogens is 2. The molecule has 116 valence electrons. The van der Waals surface area contributed by atoms with Gasteiger partial charge in [0.05, 0.1) is 11.6 Å². The first-order chi connectivity index (χ1) is 10.1. The number of methoxy groups -OCH3 is 1. The Bertz CT molecular complexity index is 617. The van der Waals surface area contributed by atoms with E-state index in [1.165, 1.54) is 25.4 Å². The van der Waals surface area contributed by atoms with Crippen LogP contribution in [0.3, 0.4) is 0 Å². The van der Waals surface area contributed by atoms with Gasteiger partial charge in [0.1, 0.15) is 5.82 Å². The van der Waals surface area contributed by atoms with Crippen LogP contribution >= 0.6 is 15.9 Å². The molecule has 1 aromatic carbocycles. The minimum atomic E-state index is -0.746. The van der Waals surface area contributed by atoms with E-state index in [4.69, 9.17) is 0 Å². The lowest BCUT2D eigenvalue weighted by atomic mass is 10.1. The van der Waals surface area contributed by atoms with Crippen molar-refractivity contribution in [2.24, 2.45) is 0 Å². The second-order valence-corrected chi connectivity index (χ2v) is 4.06. The monoisotopic (exact) mass is 359 g/mol. The number of pyridine rings is 1. The highest BCUT2D eigenvalue weighted by Gasteiger charge is 2.17. The van der Waals surface area contributed by atoms with Gasteiger partial charge in [-0.05, 0) is 28.1 Å². The zero-order valence-corrected chi connectivity index (χ0v) is 14.3. The number of esters is 1. The molecule has 0 amide bonds. The number of hydrogen-bond acceptors (Lipinski definition) is 4. The van der Waals surface area contributed by atoms with Crippen molar-refractivity contribution in [2.45, 2.75) is 27.7 Å². The van der Waals surface area contributed by atoms with Crippen LogP contribution in [0.25, 0.3) is 10.8 Å². The lowest BCUT2D eigenvalue weighted by Gasteiger charge is -2.07. The summed E-state index contributed by atoms with van der Waals surface area (Å²) in [5.41, 5.74) is -0.196. The molecule has 6 heteroatoms. The number of benzene rings is 1. The molecular weight excluding hydrogens is 341 g/mol. The molecule has 0 unspecified atom stereocenters. The fraction of sp³-hybridized carbons (Fsp3) is 0.333. The Morgan fingerprint density at radius 2 is 1.81 bits per heavy atom. The van der Waals surface area contributed by atoms with Crippen LogP contribution in [-0.4, -0.2) is 23.2 Å². The number of ether oxygens (including phenoxy) is 1. The second kappa shape index (κ2) is 9.28. The Balaban J connectivity index is 0.000000921. The van der Waals surface area contributed by atoms with Crippen molar-refractivity contribution in [3.8, 4) is 5.75 Å². The zero-order chi connectivity index (χ0) is 16.6. The van der Waals surface area contributed by atoms with Crippen molar-refractivity contribution in [1.29, 1.82) is 0 Å². The van der Waals surface area contributed by atoms with Gasteiger partial charge in [-0.15, -0.1) is 0 Å². The molecule has 0 saturated carbocycles. The smallest absolute Gasteiger partial charge is 0.360 e. The molecule has 0 aliphatic carbocycles. The minimum Gasteiger partial charge on any atom is -0.505 e. The SMILES string of the molecule is CC.CC.COC(=O)c1ncc2c(Br)c(F)ccc2c1O. The molecule has 0 spiro atoms. The van der Waals surface area contributed by atoms with Crippen molar-refractivity contribution < 1.29 is 19.0 Å². The van der Waals surface area contributed by atoms with Crippen LogP contribution < -0.4 is 0 Å². The summed E-state index contributed by atoms with van der Waals surface area (Å²) in [4.78, 5) is 15.1. The summed E-state index contributed by atoms with van der Waals surface area (Å²) in [6, 6.07) is 2.56. The van der Waals surface area contributed by atoms with Gasteiger partial charge in [-0.3, -0.25) is 0 Å². The molecule has 0 saturated heterocycles. The first-order valence-corrected chi connectivity index (χ1v) is 7.39. The molecule has 0 radical (unpaired) electrons. The highest BCUT2D eigenvalue weighted by Crippen LogP contribution is 2.33. The molecule has 21 heavy (non-hydrogen) atoms. The van der Waals surface area contributed by atoms with Gasteiger partial charge in [0.2, 0.25) is 0 Å². The highest BCUT2D eigenvalue weighted by atomic mass is 79.9. The largest absolute Gasteiger partial charge is 0.505 e. The number of carbonyl (C=O) groups is 1. The molecule has 4 nitrogen and oxygen atoms in total. The van der Waals surface area contributed by atoms with Crippen molar-refractivity contribution in [3.05, 3.63) is 34.3 Å². The summed E-state index contributed by atoms with van der Waals surface area (Å²) in [7, 11) is 1.19. The Morgan fingerprint density at radius 1 is 1.24 bits per heavy atom. The Hall–Kier alpha value is -1.69. The predicted octanol–water partition coefficient (Wildman–Crippen LogP) is 4.68. The number of nitrogens with zero attached hydrogens (tertiary/aromatic N) is 1. The van der Waals surface area contributed by atoms with Crippen LogP contribution in [0.4, 0.5) is 4.39 Å². The van der Waals surface area contributed by atoms with E-state index in [9.17, 15) is 14.3 Å². The molecule has 0 bridgehead atoms. The van der Waals surface area contributed by atoms with Crippen LogP contribution in [0.2, 0.25) is 0 Å². The van der Waals surface area contributed by atoms with Gasteiger partial charge in [-0.25, -0.2) is 14.2 Å². The maximum atomic E-state index is 13.3. The van der Waals surface area contributed by atoms with E-state index in [1.54, 1.807) is 0 Å². The van der Waals surface area contributed by atoms with Crippen LogP contribution in [0, 0.1) is 5.82 Å².